The second-order valence-electron chi connectivity index (χ2n) is 11.4. The molecule has 4 aliphatic rings. The Labute approximate surface area is 232 Å². The molecule has 6 heterocycles. The summed E-state index contributed by atoms with van der Waals surface area (Å²) in [5, 5.41) is 3.97. The monoisotopic (exact) mass is 549 g/mol. The average molecular weight is 550 g/mol. The fourth-order valence-electron chi connectivity index (χ4n) is 6.25. The molecule has 0 unspecified atom stereocenters. The van der Waals surface area contributed by atoms with Crippen LogP contribution in [0, 0.1) is 5.41 Å². The van der Waals surface area contributed by atoms with Crippen LogP contribution in [0.25, 0.3) is 10.6 Å². The summed E-state index contributed by atoms with van der Waals surface area (Å²) in [7, 11) is 0. The minimum atomic E-state index is 0.166. The van der Waals surface area contributed by atoms with E-state index >= 15 is 0 Å². The molecule has 11 heteroatoms. The van der Waals surface area contributed by atoms with Crippen molar-refractivity contribution in [2.24, 2.45) is 5.41 Å². The van der Waals surface area contributed by atoms with E-state index in [9.17, 15) is 0 Å². The molecule has 0 amide bonds. The first-order chi connectivity index (χ1) is 19.2. The van der Waals surface area contributed by atoms with Gasteiger partial charge in [0, 0.05) is 42.9 Å². The highest BCUT2D eigenvalue weighted by Crippen LogP contribution is 2.43. The van der Waals surface area contributed by atoms with Crippen LogP contribution in [0.5, 0.6) is 6.01 Å². The van der Waals surface area contributed by atoms with E-state index < -0.39 is 0 Å². The normalized spacial score (nSPS) is 24.1. The van der Waals surface area contributed by atoms with Crippen LogP contribution in [0.15, 0.2) is 30.9 Å². The number of ether oxygens (including phenoxy) is 3. The lowest BCUT2D eigenvalue weighted by Gasteiger charge is -2.45. The number of thiazole rings is 1. The summed E-state index contributed by atoms with van der Waals surface area (Å²) in [5.41, 5.74) is 2.42. The van der Waals surface area contributed by atoms with Crippen LogP contribution in [0.2, 0.25) is 0 Å². The SMILES string of the molecule is c1cc(-c2cnc(Nc3ncc(C4CCN([C@@H]5CCOC5)CC4)cn3)s2)nc(OC2CCC3(CC2)COC3)n1. The Hall–Kier alpha value is -2.73. The van der Waals surface area contributed by atoms with Crippen molar-refractivity contribution in [3.05, 3.63) is 36.4 Å². The zero-order valence-electron chi connectivity index (χ0n) is 22.1. The first-order valence-electron chi connectivity index (χ1n) is 14.2. The Bertz CT molecular complexity index is 1240. The second kappa shape index (κ2) is 11.0. The van der Waals surface area contributed by atoms with Crippen molar-refractivity contribution in [2.45, 2.75) is 63.0 Å². The Morgan fingerprint density at radius 1 is 0.949 bits per heavy atom. The van der Waals surface area contributed by atoms with Gasteiger partial charge < -0.3 is 19.5 Å². The van der Waals surface area contributed by atoms with Gasteiger partial charge in [-0.3, -0.25) is 4.90 Å². The van der Waals surface area contributed by atoms with Crippen LogP contribution in [0.4, 0.5) is 11.1 Å². The van der Waals surface area contributed by atoms with Gasteiger partial charge in [0.15, 0.2) is 5.13 Å². The van der Waals surface area contributed by atoms with Gasteiger partial charge >= 0.3 is 6.01 Å². The molecule has 1 atom stereocenters. The Morgan fingerprint density at radius 2 is 1.77 bits per heavy atom. The molecule has 3 aliphatic heterocycles. The fourth-order valence-corrected chi connectivity index (χ4v) is 7.03. The number of hydrogen-bond acceptors (Lipinski definition) is 11. The van der Waals surface area contributed by atoms with E-state index in [2.05, 4.69) is 35.1 Å². The van der Waals surface area contributed by atoms with E-state index in [-0.39, 0.29) is 6.10 Å². The number of hydrogen-bond donors (Lipinski definition) is 1. The summed E-state index contributed by atoms with van der Waals surface area (Å²) in [6, 6.07) is 2.93. The van der Waals surface area contributed by atoms with Crippen molar-refractivity contribution in [1.29, 1.82) is 0 Å². The average Bonchev–Trinajstić information content (AvgIpc) is 3.67. The van der Waals surface area contributed by atoms with Crippen molar-refractivity contribution >= 4 is 22.4 Å². The number of likely N-dealkylation sites (tertiary alicyclic amines) is 1. The van der Waals surface area contributed by atoms with Gasteiger partial charge in [-0.2, -0.15) is 4.98 Å². The van der Waals surface area contributed by atoms with Crippen LogP contribution in [0.3, 0.4) is 0 Å². The lowest BCUT2D eigenvalue weighted by molar-refractivity contribution is -0.140. The number of aromatic nitrogens is 5. The van der Waals surface area contributed by atoms with Gasteiger partial charge in [-0.25, -0.2) is 19.9 Å². The third-order valence-electron chi connectivity index (χ3n) is 8.79. The molecule has 0 bridgehead atoms. The summed E-state index contributed by atoms with van der Waals surface area (Å²) in [4.78, 5) is 26.2. The van der Waals surface area contributed by atoms with Crippen molar-refractivity contribution < 1.29 is 14.2 Å². The Kier molecular flexibility index (Phi) is 7.14. The third kappa shape index (κ3) is 5.63. The maximum atomic E-state index is 6.15. The molecule has 1 aliphatic carbocycles. The molecule has 7 rings (SSSR count). The number of piperidine rings is 1. The van der Waals surface area contributed by atoms with Crippen molar-refractivity contribution in [1.82, 2.24) is 29.8 Å². The van der Waals surface area contributed by atoms with Gasteiger partial charge in [0.2, 0.25) is 5.95 Å². The predicted molar refractivity (Wildman–Crippen MR) is 147 cm³/mol. The summed E-state index contributed by atoms with van der Waals surface area (Å²) < 4.78 is 17.2. The van der Waals surface area contributed by atoms with Crippen LogP contribution >= 0.6 is 11.3 Å². The van der Waals surface area contributed by atoms with Gasteiger partial charge in [0.1, 0.15) is 6.10 Å². The highest BCUT2D eigenvalue weighted by molar-refractivity contribution is 7.18. The maximum absolute atomic E-state index is 6.15. The molecule has 3 aromatic heterocycles. The lowest BCUT2D eigenvalue weighted by atomic mass is 9.72. The molecule has 4 fully saturated rings. The molecule has 3 saturated heterocycles. The molecule has 0 radical (unpaired) electrons. The van der Waals surface area contributed by atoms with E-state index in [0.29, 0.717) is 29.3 Å². The third-order valence-corrected chi connectivity index (χ3v) is 9.72. The van der Waals surface area contributed by atoms with E-state index in [1.54, 1.807) is 6.20 Å². The first kappa shape index (κ1) is 25.3. The maximum Gasteiger partial charge on any atom is 0.317 e. The van der Waals surface area contributed by atoms with Gasteiger partial charge in [0.25, 0.3) is 0 Å². The van der Waals surface area contributed by atoms with Gasteiger partial charge in [-0.1, -0.05) is 11.3 Å². The molecule has 1 spiro atoms. The zero-order chi connectivity index (χ0) is 26.1. The molecule has 10 nitrogen and oxygen atoms in total. The Morgan fingerprint density at radius 3 is 2.49 bits per heavy atom. The first-order valence-corrected chi connectivity index (χ1v) is 15.0. The number of nitrogens with one attached hydrogen (secondary N) is 1. The van der Waals surface area contributed by atoms with Crippen molar-refractivity contribution in [3.63, 3.8) is 0 Å². The number of anilines is 2. The second-order valence-corrected chi connectivity index (χ2v) is 12.4. The molecular formula is C28H35N7O3S. The fraction of sp³-hybridized carbons (Fsp3) is 0.607. The highest BCUT2D eigenvalue weighted by Gasteiger charge is 2.42. The van der Waals surface area contributed by atoms with Crippen LogP contribution in [-0.2, 0) is 9.47 Å². The molecule has 206 valence electrons. The summed E-state index contributed by atoms with van der Waals surface area (Å²) in [5.74, 6) is 1.07. The van der Waals surface area contributed by atoms with Gasteiger partial charge in [-0.05, 0) is 75.6 Å². The quantitative estimate of drug-likeness (QED) is 0.454. The molecular weight excluding hydrogens is 514 g/mol. The van der Waals surface area contributed by atoms with Gasteiger partial charge in [0.05, 0.1) is 30.4 Å². The minimum absolute atomic E-state index is 0.166. The lowest BCUT2D eigenvalue weighted by Crippen LogP contribution is -2.46. The van der Waals surface area contributed by atoms with E-state index in [1.165, 1.54) is 16.9 Å². The standard InChI is InChI=1S/C28H35N7O3S/c1-7-28(17-37-18-28)8-2-22(1)38-26-29-9-3-23(33-26)24-15-32-27(39-24)34-25-30-13-20(14-31-25)19-4-10-35(11-5-19)21-6-12-36-16-21/h3,9,13-15,19,21-22H,1-2,4-8,10-12,16-18H2,(H,30,31,32,34)/t21-/m1/s1. The van der Waals surface area contributed by atoms with E-state index in [4.69, 9.17) is 14.2 Å². The summed E-state index contributed by atoms with van der Waals surface area (Å²) in [6.07, 6.45) is 15.5. The minimum Gasteiger partial charge on any atom is -0.460 e. The molecule has 0 aromatic carbocycles. The Balaban J connectivity index is 0.931. The van der Waals surface area contributed by atoms with Crippen molar-refractivity contribution in [2.75, 3.05) is 44.8 Å². The van der Waals surface area contributed by atoms with Crippen LogP contribution in [-0.4, -0.2) is 81.5 Å². The van der Waals surface area contributed by atoms with E-state index in [1.807, 2.05) is 24.7 Å². The van der Waals surface area contributed by atoms with Crippen LogP contribution in [0.1, 0.15) is 56.4 Å². The molecule has 39 heavy (non-hydrogen) atoms. The summed E-state index contributed by atoms with van der Waals surface area (Å²) in [6.45, 7) is 5.83. The van der Waals surface area contributed by atoms with Crippen LogP contribution < -0.4 is 10.1 Å². The number of nitrogens with zero attached hydrogens (tertiary/aromatic N) is 6. The van der Waals surface area contributed by atoms with Gasteiger partial charge in [-0.15, -0.1) is 0 Å². The molecule has 3 aromatic rings. The summed E-state index contributed by atoms with van der Waals surface area (Å²) >= 11 is 1.51. The largest absolute Gasteiger partial charge is 0.460 e. The topological polar surface area (TPSA) is 107 Å². The molecule has 1 saturated carbocycles. The smallest absolute Gasteiger partial charge is 0.317 e. The molecule has 1 N–H and O–H groups in total. The predicted octanol–water partition coefficient (Wildman–Crippen LogP) is 4.44. The van der Waals surface area contributed by atoms with Crippen molar-refractivity contribution in [3.8, 4) is 16.6 Å². The van der Waals surface area contributed by atoms with E-state index in [0.717, 1.165) is 100 Å². The number of rotatable bonds is 7. The zero-order valence-corrected chi connectivity index (χ0v) is 22.9. The highest BCUT2D eigenvalue weighted by atomic mass is 32.1.